The van der Waals surface area contributed by atoms with E-state index in [-0.39, 0.29) is 18.3 Å². The summed E-state index contributed by atoms with van der Waals surface area (Å²) >= 11 is 3.13. The quantitative estimate of drug-likeness (QED) is 0.260. The van der Waals surface area contributed by atoms with Gasteiger partial charge in [-0.15, -0.1) is 21.5 Å². The second kappa shape index (κ2) is 9.58. The zero-order valence-electron chi connectivity index (χ0n) is 17.3. The average Bonchev–Trinajstić information content (AvgIpc) is 3.58. The minimum absolute atomic E-state index is 0.0192. The molecule has 8 heteroatoms. The number of nitrogens with zero attached hydrogens (tertiary/aromatic N) is 3. The van der Waals surface area contributed by atoms with E-state index in [0.717, 1.165) is 30.4 Å². The maximum Gasteiger partial charge on any atom is 0.231 e. The Morgan fingerprint density at radius 1 is 1.03 bits per heavy atom. The standard InChI is InChI=1S/C24H21N3O3S2/c28-20(18-8-9-21-22(13-18)30-16-29-21)15-32-24-26-25-23(14-19-7-4-12-31-19)27(24)11-10-17-5-2-1-3-6-17/h1-9,12-13H,10-11,14-16H2. The Balaban J connectivity index is 1.31. The van der Waals surface area contributed by atoms with Crippen molar-refractivity contribution in [1.82, 2.24) is 14.8 Å². The molecule has 0 radical (unpaired) electrons. The van der Waals surface area contributed by atoms with Gasteiger partial charge in [0, 0.05) is 23.4 Å². The number of benzene rings is 2. The van der Waals surface area contributed by atoms with Crippen LogP contribution in [0.25, 0.3) is 0 Å². The van der Waals surface area contributed by atoms with Crippen molar-refractivity contribution in [3.05, 3.63) is 87.9 Å². The van der Waals surface area contributed by atoms with Crippen LogP contribution >= 0.6 is 23.1 Å². The van der Waals surface area contributed by atoms with E-state index in [9.17, 15) is 4.79 Å². The Morgan fingerprint density at radius 3 is 2.75 bits per heavy atom. The van der Waals surface area contributed by atoms with E-state index < -0.39 is 0 Å². The maximum absolute atomic E-state index is 12.8. The van der Waals surface area contributed by atoms with Crippen LogP contribution in [0.5, 0.6) is 11.5 Å². The Hall–Kier alpha value is -3.10. The van der Waals surface area contributed by atoms with Gasteiger partial charge in [0.05, 0.1) is 5.75 Å². The Bertz CT molecular complexity index is 1210. The molecular weight excluding hydrogens is 442 g/mol. The molecule has 0 amide bonds. The summed E-state index contributed by atoms with van der Waals surface area (Å²) in [5.74, 6) is 2.51. The van der Waals surface area contributed by atoms with E-state index in [2.05, 4.69) is 38.3 Å². The summed E-state index contributed by atoms with van der Waals surface area (Å²) < 4.78 is 12.9. The monoisotopic (exact) mass is 463 g/mol. The number of carbonyl (C=O) groups is 1. The molecule has 0 spiro atoms. The van der Waals surface area contributed by atoms with Gasteiger partial charge in [-0.05, 0) is 41.6 Å². The third kappa shape index (κ3) is 4.71. The number of hydrogen-bond acceptors (Lipinski definition) is 7. The highest BCUT2D eigenvalue weighted by Gasteiger charge is 2.19. The van der Waals surface area contributed by atoms with Crippen molar-refractivity contribution in [2.24, 2.45) is 0 Å². The first-order chi connectivity index (χ1) is 15.8. The third-order valence-electron chi connectivity index (χ3n) is 5.20. The molecule has 0 N–H and O–H groups in total. The average molecular weight is 464 g/mol. The Labute approximate surface area is 194 Å². The molecule has 6 nitrogen and oxygen atoms in total. The van der Waals surface area contributed by atoms with Crippen molar-refractivity contribution in [2.75, 3.05) is 12.5 Å². The Morgan fingerprint density at radius 2 is 1.91 bits per heavy atom. The number of ether oxygens (including phenoxy) is 2. The number of hydrogen-bond donors (Lipinski definition) is 0. The van der Waals surface area contributed by atoms with Crippen LogP contribution in [0.4, 0.5) is 0 Å². The molecule has 2 aromatic heterocycles. The van der Waals surface area contributed by atoms with E-state index in [0.29, 0.717) is 17.1 Å². The van der Waals surface area contributed by atoms with Gasteiger partial charge in [-0.1, -0.05) is 48.2 Å². The van der Waals surface area contributed by atoms with Gasteiger partial charge in [0.2, 0.25) is 6.79 Å². The highest BCUT2D eigenvalue weighted by Crippen LogP contribution is 2.33. The minimum Gasteiger partial charge on any atom is -0.454 e. The topological polar surface area (TPSA) is 66.2 Å². The molecule has 2 aromatic carbocycles. The number of thiophene rings is 1. The first-order valence-electron chi connectivity index (χ1n) is 10.3. The van der Waals surface area contributed by atoms with Crippen LogP contribution < -0.4 is 9.47 Å². The van der Waals surface area contributed by atoms with E-state index in [1.165, 1.54) is 22.2 Å². The van der Waals surface area contributed by atoms with E-state index in [1.54, 1.807) is 29.5 Å². The molecular formula is C24H21N3O3S2. The highest BCUT2D eigenvalue weighted by atomic mass is 32.2. The number of aryl methyl sites for hydroxylation is 1. The van der Waals surface area contributed by atoms with Gasteiger partial charge in [-0.3, -0.25) is 4.79 Å². The van der Waals surface area contributed by atoms with Gasteiger partial charge >= 0.3 is 0 Å². The molecule has 5 rings (SSSR count). The zero-order chi connectivity index (χ0) is 21.8. The first-order valence-corrected chi connectivity index (χ1v) is 12.2. The highest BCUT2D eigenvalue weighted by molar-refractivity contribution is 7.99. The van der Waals surface area contributed by atoms with Gasteiger partial charge in [0.15, 0.2) is 22.4 Å². The second-order valence-electron chi connectivity index (χ2n) is 7.32. The molecule has 0 unspecified atom stereocenters. The van der Waals surface area contributed by atoms with Gasteiger partial charge in [0.25, 0.3) is 0 Å². The largest absolute Gasteiger partial charge is 0.454 e. The fourth-order valence-corrected chi connectivity index (χ4v) is 5.10. The molecule has 32 heavy (non-hydrogen) atoms. The SMILES string of the molecule is O=C(CSc1nnc(Cc2cccs2)n1CCc1ccccc1)c1ccc2c(c1)OCO2. The van der Waals surface area contributed by atoms with Crippen LogP contribution in [-0.2, 0) is 19.4 Å². The number of ketones is 1. The number of fused-ring (bicyclic) bond motifs is 1. The summed E-state index contributed by atoms with van der Waals surface area (Å²) in [7, 11) is 0. The first kappa shape index (κ1) is 20.8. The van der Waals surface area contributed by atoms with E-state index in [1.807, 2.05) is 24.3 Å². The predicted octanol–water partition coefficient (Wildman–Crippen LogP) is 4.88. The summed E-state index contributed by atoms with van der Waals surface area (Å²) in [4.78, 5) is 14.0. The van der Waals surface area contributed by atoms with E-state index in [4.69, 9.17) is 9.47 Å². The zero-order valence-corrected chi connectivity index (χ0v) is 18.9. The minimum atomic E-state index is 0.0192. The molecule has 0 aliphatic carbocycles. The maximum atomic E-state index is 12.8. The molecule has 1 aliphatic heterocycles. The molecule has 4 aromatic rings. The summed E-state index contributed by atoms with van der Waals surface area (Å²) in [6, 6.07) is 19.8. The van der Waals surface area contributed by atoms with Crippen molar-refractivity contribution >= 4 is 28.9 Å². The Kier molecular flexibility index (Phi) is 6.22. The summed E-state index contributed by atoms with van der Waals surface area (Å²) in [6.07, 6.45) is 1.61. The molecule has 0 saturated carbocycles. The molecule has 0 atom stereocenters. The van der Waals surface area contributed by atoms with Crippen LogP contribution in [0.3, 0.4) is 0 Å². The lowest BCUT2D eigenvalue weighted by Gasteiger charge is -2.10. The number of Topliss-reactive ketones (excluding diaryl/α,β-unsaturated/α-hetero) is 1. The van der Waals surface area contributed by atoms with Crippen LogP contribution in [0, 0.1) is 0 Å². The van der Waals surface area contributed by atoms with Gasteiger partial charge in [-0.2, -0.15) is 0 Å². The van der Waals surface area contributed by atoms with Gasteiger partial charge in [0.1, 0.15) is 5.82 Å². The van der Waals surface area contributed by atoms with Crippen LogP contribution in [0.15, 0.2) is 71.2 Å². The molecule has 0 fully saturated rings. The lowest BCUT2D eigenvalue weighted by molar-refractivity contribution is 0.102. The van der Waals surface area contributed by atoms with Crippen molar-refractivity contribution in [3.63, 3.8) is 0 Å². The fourth-order valence-electron chi connectivity index (χ4n) is 3.52. The van der Waals surface area contributed by atoms with Crippen LogP contribution in [-0.4, -0.2) is 33.1 Å². The molecule has 0 bridgehead atoms. The summed E-state index contributed by atoms with van der Waals surface area (Å²) in [6.45, 7) is 0.956. The third-order valence-corrected chi connectivity index (χ3v) is 7.04. The van der Waals surface area contributed by atoms with Crippen LogP contribution in [0.2, 0.25) is 0 Å². The number of carbonyl (C=O) groups excluding carboxylic acids is 1. The smallest absolute Gasteiger partial charge is 0.231 e. The van der Waals surface area contributed by atoms with Crippen LogP contribution in [0.1, 0.15) is 26.6 Å². The summed E-state index contributed by atoms with van der Waals surface area (Å²) in [5, 5.41) is 11.7. The van der Waals surface area contributed by atoms with Crippen molar-refractivity contribution in [1.29, 1.82) is 0 Å². The normalized spacial score (nSPS) is 12.2. The second-order valence-corrected chi connectivity index (χ2v) is 9.30. The van der Waals surface area contributed by atoms with Gasteiger partial charge in [-0.25, -0.2) is 0 Å². The lowest BCUT2D eigenvalue weighted by Crippen LogP contribution is -2.09. The van der Waals surface area contributed by atoms with E-state index >= 15 is 0 Å². The number of aromatic nitrogens is 3. The van der Waals surface area contributed by atoms with Crippen molar-refractivity contribution in [2.45, 2.75) is 24.5 Å². The summed E-state index contributed by atoms with van der Waals surface area (Å²) in [5.41, 5.74) is 1.87. The molecule has 3 heterocycles. The number of rotatable bonds is 9. The lowest BCUT2D eigenvalue weighted by atomic mass is 10.1. The molecule has 162 valence electrons. The molecule has 0 saturated heterocycles. The number of thioether (sulfide) groups is 1. The fraction of sp³-hybridized carbons (Fsp3) is 0.208. The van der Waals surface area contributed by atoms with Gasteiger partial charge < -0.3 is 14.0 Å². The van der Waals surface area contributed by atoms with Crippen molar-refractivity contribution < 1.29 is 14.3 Å². The molecule has 1 aliphatic rings. The predicted molar refractivity (Wildman–Crippen MR) is 125 cm³/mol. The van der Waals surface area contributed by atoms with Crippen molar-refractivity contribution in [3.8, 4) is 11.5 Å².